The highest BCUT2D eigenvalue weighted by Crippen LogP contribution is 1.77. The molecule has 0 aliphatic heterocycles. The molecule has 0 bridgehead atoms. The molecule has 0 rings (SSSR count). The molecule has 7 heavy (non-hydrogen) atoms. The fraction of sp³-hybridized carbons (Fsp3) is 0.200. The Morgan fingerprint density at radius 3 is 1.71 bits per heavy atom. The smallest absolute Gasteiger partial charge is 0.223 e. The molecule has 0 saturated heterocycles. The summed E-state index contributed by atoms with van der Waals surface area (Å²) in [6.07, 6.45) is 7.20. The van der Waals surface area contributed by atoms with E-state index in [2.05, 4.69) is 6.42 Å². The first-order valence-corrected chi connectivity index (χ1v) is 1.56. The quantitative estimate of drug-likeness (QED) is 0.340. The predicted octanol–water partition coefficient (Wildman–Crippen LogP) is -0.545. The van der Waals surface area contributed by atoms with Gasteiger partial charge >= 0.3 is 0 Å². The summed E-state index contributed by atoms with van der Waals surface area (Å²) in [7, 11) is 0. The first-order chi connectivity index (χ1) is 3.35. The molecule has 0 amide bonds. The molecule has 0 fully saturated rings. The molecule has 2 radical (unpaired) electrons. The zero-order chi connectivity index (χ0) is 5.70. The van der Waals surface area contributed by atoms with Gasteiger partial charge in [-0.2, -0.15) is 0 Å². The summed E-state index contributed by atoms with van der Waals surface area (Å²) in [4.78, 5) is 18.9. The second-order valence-corrected chi connectivity index (χ2v) is 0.835. The van der Waals surface area contributed by atoms with Crippen LogP contribution in [0.2, 0.25) is 0 Å². The molecular formula is C5H2O2. The van der Waals surface area contributed by atoms with Crippen LogP contribution in [0.25, 0.3) is 0 Å². The third-order valence-corrected chi connectivity index (χ3v) is 0.402. The van der Waals surface area contributed by atoms with Crippen LogP contribution in [0.15, 0.2) is 0 Å². The predicted molar refractivity (Wildman–Crippen MR) is 23.7 cm³/mol. The lowest BCUT2D eigenvalue weighted by Crippen LogP contribution is -1.97. The van der Waals surface area contributed by atoms with Crippen molar-refractivity contribution in [3.05, 3.63) is 0 Å². The van der Waals surface area contributed by atoms with Gasteiger partial charge in [0.15, 0.2) is 5.92 Å². The fourth-order valence-corrected chi connectivity index (χ4v) is 0.0921. The highest BCUT2D eigenvalue weighted by atomic mass is 16.1. The van der Waals surface area contributed by atoms with Gasteiger partial charge in [-0.25, -0.2) is 0 Å². The monoisotopic (exact) mass is 94.0 g/mol. The number of hydrogen-bond acceptors (Lipinski definition) is 2. The Bertz CT molecular complexity index is 102. The van der Waals surface area contributed by atoms with Gasteiger partial charge in [0.05, 0.1) is 0 Å². The zero-order valence-electron chi connectivity index (χ0n) is 3.47. The third-order valence-electron chi connectivity index (χ3n) is 0.402. The van der Waals surface area contributed by atoms with Gasteiger partial charge in [0, 0.05) is 0 Å². The van der Waals surface area contributed by atoms with E-state index in [-0.39, 0.29) is 0 Å². The molecule has 0 aliphatic carbocycles. The molecule has 0 aliphatic rings. The highest BCUT2D eigenvalue weighted by molar-refractivity contribution is 5.82. The van der Waals surface area contributed by atoms with E-state index < -0.39 is 5.92 Å². The highest BCUT2D eigenvalue weighted by Gasteiger charge is 1.98. The van der Waals surface area contributed by atoms with E-state index in [1.54, 1.807) is 0 Å². The average Bonchev–Trinajstić information content (AvgIpc) is 1.72. The molecule has 0 spiro atoms. The summed E-state index contributed by atoms with van der Waals surface area (Å²) < 4.78 is 0. The molecule has 0 aromatic rings. The van der Waals surface area contributed by atoms with Crippen molar-refractivity contribution in [2.45, 2.75) is 0 Å². The summed E-state index contributed by atoms with van der Waals surface area (Å²) >= 11 is 0. The van der Waals surface area contributed by atoms with Crippen LogP contribution >= 0.6 is 0 Å². The van der Waals surface area contributed by atoms with Crippen molar-refractivity contribution < 1.29 is 9.59 Å². The van der Waals surface area contributed by atoms with Gasteiger partial charge in [-0.15, -0.1) is 6.42 Å². The topological polar surface area (TPSA) is 34.1 Å². The van der Waals surface area contributed by atoms with E-state index >= 15 is 0 Å². The van der Waals surface area contributed by atoms with Gasteiger partial charge in [-0.1, -0.05) is 5.92 Å². The minimum Gasteiger partial charge on any atom is -0.289 e. The lowest BCUT2D eigenvalue weighted by molar-refractivity contribution is 0.532. The largest absolute Gasteiger partial charge is 0.289 e. The first-order valence-electron chi connectivity index (χ1n) is 1.56. The van der Waals surface area contributed by atoms with E-state index in [1.165, 1.54) is 12.6 Å². The second kappa shape index (κ2) is 3.10. The van der Waals surface area contributed by atoms with Crippen molar-refractivity contribution in [3.8, 4) is 12.3 Å². The molecule has 0 atom stereocenters. The Morgan fingerprint density at radius 1 is 1.29 bits per heavy atom. The van der Waals surface area contributed by atoms with Crippen molar-refractivity contribution in [2.75, 3.05) is 0 Å². The fourth-order valence-electron chi connectivity index (χ4n) is 0.0921. The van der Waals surface area contributed by atoms with Crippen molar-refractivity contribution in [1.29, 1.82) is 0 Å². The maximum Gasteiger partial charge on any atom is 0.223 e. The SMILES string of the molecule is C#CC([C]=O)[C]=O. The van der Waals surface area contributed by atoms with E-state index in [9.17, 15) is 9.59 Å². The van der Waals surface area contributed by atoms with Crippen LogP contribution in [0.3, 0.4) is 0 Å². The molecule has 34 valence electrons. The lowest BCUT2D eigenvalue weighted by Gasteiger charge is -1.75. The van der Waals surface area contributed by atoms with Crippen molar-refractivity contribution in [2.24, 2.45) is 5.92 Å². The van der Waals surface area contributed by atoms with Crippen LogP contribution in [0.4, 0.5) is 0 Å². The Balaban J connectivity index is 3.65. The lowest BCUT2D eigenvalue weighted by atomic mass is 10.2. The summed E-state index contributed by atoms with van der Waals surface area (Å²) in [5.74, 6) is 0.757. The van der Waals surface area contributed by atoms with E-state index in [1.807, 2.05) is 5.92 Å². The molecule has 0 aromatic carbocycles. The normalized spacial score (nSPS) is 7.43. The molecule has 0 N–H and O–H groups in total. The van der Waals surface area contributed by atoms with Gasteiger partial charge in [-0.3, -0.25) is 9.59 Å². The van der Waals surface area contributed by atoms with Crippen LogP contribution in [0.5, 0.6) is 0 Å². The van der Waals surface area contributed by atoms with Gasteiger partial charge in [0.25, 0.3) is 0 Å². The van der Waals surface area contributed by atoms with Crippen molar-refractivity contribution in [3.63, 3.8) is 0 Å². The molecule has 2 nitrogen and oxygen atoms in total. The van der Waals surface area contributed by atoms with E-state index in [4.69, 9.17) is 0 Å². The van der Waals surface area contributed by atoms with Crippen LogP contribution in [0, 0.1) is 18.3 Å². The third kappa shape index (κ3) is 1.72. The molecular weight excluding hydrogens is 92.1 g/mol. The standard InChI is InChI=1S/C5H2O2/c1-2-5(3-6)4-7/h1,5H. The Morgan fingerprint density at radius 2 is 1.71 bits per heavy atom. The van der Waals surface area contributed by atoms with Crippen LogP contribution < -0.4 is 0 Å². The van der Waals surface area contributed by atoms with Crippen molar-refractivity contribution >= 4 is 12.6 Å². The second-order valence-electron chi connectivity index (χ2n) is 0.835. The molecule has 0 saturated carbocycles. The number of carbonyl (C=O) groups excluding carboxylic acids is 2. The van der Waals surface area contributed by atoms with Gasteiger partial charge in [0.1, 0.15) is 0 Å². The molecule has 2 heteroatoms. The van der Waals surface area contributed by atoms with Crippen LogP contribution in [-0.2, 0) is 9.59 Å². The van der Waals surface area contributed by atoms with Gasteiger partial charge in [-0.05, 0) is 0 Å². The maximum atomic E-state index is 9.44. The van der Waals surface area contributed by atoms with Crippen LogP contribution in [-0.4, -0.2) is 12.6 Å². The zero-order valence-corrected chi connectivity index (χ0v) is 3.47. The number of hydrogen-bond donors (Lipinski definition) is 0. The molecule has 0 unspecified atom stereocenters. The average molecular weight is 94.1 g/mol. The summed E-state index contributed by atoms with van der Waals surface area (Å²) in [6, 6.07) is 0. The first kappa shape index (κ1) is 5.90. The summed E-state index contributed by atoms with van der Waals surface area (Å²) in [6.45, 7) is 0. The van der Waals surface area contributed by atoms with Gasteiger partial charge < -0.3 is 0 Å². The number of rotatable bonds is 2. The maximum absolute atomic E-state index is 9.44. The summed E-state index contributed by atoms with van der Waals surface area (Å²) in [5, 5.41) is 0. The van der Waals surface area contributed by atoms with Gasteiger partial charge in [0.2, 0.25) is 12.6 Å². The number of terminal acetylenes is 1. The Labute approximate surface area is 41.5 Å². The van der Waals surface area contributed by atoms with E-state index in [0.29, 0.717) is 0 Å². The minimum atomic E-state index is -1.10. The summed E-state index contributed by atoms with van der Waals surface area (Å²) in [5.41, 5.74) is 0. The minimum absolute atomic E-state index is 1.10. The van der Waals surface area contributed by atoms with E-state index in [0.717, 1.165) is 0 Å². The Hall–Kier alpha value is -1.10. The van der Waals surface area contributed by atoms with Crippen molar-refractivity contribution in [1.82, 2.24) is 0 Å². The van der Waals surface area contributed by atoms with Crippen LogP contribution in [0.1, 0.15) is 0 Å². The molecule has 0 heterocycles. The Kier molecular flexibility index (Phi) is 2.62. The molecule has 0 aromatic heterocycles.